The van der Waals surface area contributed by atoms with Gasteiger partial charge in [-0.05, 0) is 44.1 Å². The number of esters is 1. The molecule has 1 aromatic heterocycles. The van der Waals surface area contributed by atoms with E-state index in [0.717, 1.165) is 25.7 Å². The molecule has 1 aromatic rings. The number of hydrogen-bond donors (Lipinski definition) is 2. The van der Waals surface area contributed by atoms with Crippen LogP contribution in [0, 0.1) is 0 Å². The Balaban J connectivity index is 1.49. The Kier molecular flexibility index (Phi) is 7.24. The van der Waals surface area contributed by atoms with Crippen LogP contribution in [0.25, 0.3) is 0 Å². The summed E-state index contributed by atoms with van der Waals surface area (Å²) in [5.41, 5.74) is 0. The normalized spacial score (nSPS) is 20.7. The number of likely N-dealkylation sites (tertiary alicyclic amines) is 1. The molecule has 2 aliphatic rings. The summed E-state index contributed by atoms with van der Waals surface area (Å²) < 4.78 is 5.26. The monoisotopic (exact) mass is 421 g/mol. The molecule has 1 saturated heterocycles. The van der Waals surface area contributed by atoms with E-state index >= 15 is 0 Å². The lowest BCUT2D eigenvalue weighted by molar-refractivity contribution is -0.158. The van der Waals surface area contributed by atoms with Crippen LogP contribution in [0.15, 0.2) is 17.5 Å². The van der Waals surface area contributed by atoms with Gasteiger partial charge in [0.15, 0.2) is 6.10 Å². The number of nitrogens with zero attached hydrogens (tertiary/aromatic N) is 1. The predicted molar refractivity (Wildman–Crippen MR) is 107 cm³/mol. The van der Waals surface area contributed by atoms with Crippen LogP contribution < -0.4 is 10.6 Å². The molecule has 8 nitrogen and oxygen atoms in total. The molecule has 2 heterocycles. The Morgan fingerprint density at radius 3 is 2.59 bits per heavy atom. The first-order valence-electron chi connectivity index (χ1n) is 10.1. The van der Waals surface area contributed by atoms with E-state index in [-0.39, 0.29) is 11.9 Å². The van der Waals surface area contributed by atoms with Gasteiger partial charge in [-0.3, -0.25) is 14.9 Å². The lowest BCUT2D eigenvalue weighted by Crippen LogP contribution is -2.49. The van der Waals surface area contributed by atoms with Crippen molar-refractivity contribution >= 4 is 35.2 Å². The maximum Gasteiger partial charge on any atom is 0.329 e. The van der Waals surface area contributed by atoms with Crippen molar-refractivity contribution in [2.75, 3.05) is 6.54 Å². The van der Waals surface area contributed by atoms with Crippen molar-refractivity contribution < 1.29 is 23.9 Å². The molecule has 3 rings (SSSR count). The first-order valence-corrected chi connectivity index (χ1v) is 11.0. The summed E-state index contributed by atoms with van der Waals surface area (Å²) in [7, 11) is 0. The number of imide groups is 1. The molecule has 4 amide bonds. The van der Waals surface area contributed by atoms with Gasteiger partial charge in [0.05, 0.1) is 4.88 Å². The fraction of sp³-hybridized carbons (Fsp3) is 0.600. The average Bonchev–Trinajstić information content (AvgIpc) is 3.40. The highest BCUT2D eigenvalue weighted by molar-refractivity contribution is 7.12. The summed E-state index contributed by atoms with van der Waals surface area (Å²) in [4.78, 5) is 51.4. The van der Waals surface area contributed by atoms with Gasteiger partial charge in [-0.1, -0.05) is 25.3 Å². The average molecular weight is 422 g/mol. The minimum atomic E-state index is -1.13. The van der Waals surface area contributed by atoms with Gasteiger partial charge in [0, 0.05) is 12.6 Å². The lowest BCUT2D eigenvalue weighted by atomic mass is 9.96. The lowest BCUT2D eigenvalue weighted by Gasteiger charge is -2.25. The van der Waals surface area contributed by atoms with E-state index in [4.69, 9.17) is 4.74 Å². The fourth-order valence-electron chi connectivity index (χ4n) is 3.78. The molecule has 1 aliphatic carbocycles. The molecule has 2 atom stereocenters. The van der Waals surface area contributed by atoms with Crippen molar-refractivity contribution in [3.8, 4) is 0 Å². The minimum absolute atomic E-state index is 0.0738. The largest absolute Gasteiger partial charge is 0.451 e. The van der Waals surface area contributed by atoms with Crippen LogP contribution in [0.1, 0.15) is 61.5 Å². The highest BCUT2D eigenvalue weighted by Gasteiger charge is 2.37. The van der Waals surface area contributed by atoms with Gasteiger partial charge in [-0.25, -0.2) is 9.59 Å². The number of ether oxygens (including phenoxy) is 1. The van der Waals surface area contributed by atoms with E-state index in [0.29, 0.717) is 24.3 Å². The number of urea groups is 1. The molecule has 9 heteroatoms. The third kappa shape index (κ3) is 5.56. The van der Waals surface area contributed by atoms with Crippen LogP contribution >= 0.6 is 11.3 Å². The zero-order valence-electron chi connectivity index (χ0n) is 16.5. The van der Waals surface area contributed by atoms with Crippen molar-refractivity contribution in [3.05, 3.63) is 22.4 Å². The van der Waals surface area contributed by atoms with E-state index in [2.05, 4.69) is 10.6 Å². The minimum Gasteiger partial charge on any atom is -0.451 e. The van der Waals surface area contributed by atoms with Crippen LogP contribution in [-0.2, 0) is 14.3 Å². The number of amides is 4. The molecule has 0 unspecified atom stereocenters. The van der Waals surface area contributed by atoms with E-state index in [1.165, 1.54) is 29.6 Å². The van der Waals surface area contributed by atoms with Gasteiger partial charge in [-0.15, -0.1) is 11.3 Å². The van der Waals surface area contributed by atoms with Gasteiger partial charge < -0.3 is 15.0 Å². The Morgan fingerprint density at radius 1 is 1.14 bits per heavy atom. The topological polar surface area (TPSA) is 105 Å². The van der Waals surface area contributed by atoms with Crippen molar-refractivity contribution in [2.24, 2.45) is 0 Å². The molecule has 0 spiro atoms. The van der Waals surface area contributed by atoms with Crippen LogP contribution in [0.3, 0.4) is 0 Å². The number of rotatable bonds is 5. The molecule has 0 aromatic carbocycles. The molecule has 2 fully saturated rings. The number of carbonyl (C=O) groups is 4. The molecular weight excluding hydrogens is 394 g/mol. The van der Waals surface area contributed by atoms with Gasteiger partial charge in [0.1, 0.15) is 6.04 Å². The van der Waals surface area contributed by atoms with Gasteiger partial charge in [0.25, 0.3) is 11.8 Å². The second-order valence-electron chi connectivity index (χ2n) is 7.51. The van der Waals surface area contributed by atoms with Crippen LogP contribution in [0.2, 0.25) is 0 Å². The van der Waals surface area contributed by atoms with E-state index in [9.17, 15) is 19.2 Å². The van der Waals surface area contributed by atoms with Gasteiger partial charge >= 0.3 is 12.0 Å². The Hall–Kier alpha value is -2.42. The standard InChI is InChI=1S/C20H27N3O5S/c1-13(17(24)22-20(27)21-14-7-3-2-4-8-14)28-19(26)15-9-5-11-23(15)18(25)16-10-6-12-29-16/h6,10,12-15H,2-5,7-9,11H2,1H3,(H2,21,22,24,27)/t13-,15-/m0/s1. The second kappa shape index (κ2) is 9.87. The van der Waals surface area contributed by atoms with E-state index in [1.807, 2.05) is 0 Å². The number of carbonyl (C=O) groups excluding carboxylic acids is 4. The maximum atomic E-state index is 12.6. The van der Waals surface area contributed by atoms with Crippen molar-refractivity contribution in [1.82, 2.24) is 15.5 Å². The number of hydrogen-bond acceptors (Lipinski definition) is 6. The summed E-state index contributed by atoms with van der Waals surface area (Å²) in [6, 6.07) is 2.29. The summed E-state index contributed by atoms with van der Waals surface area (Å²) in [6.45, 7) is 1.89. The predicted octanol–water partition coefficient (Wildman–Crippen LogP) is 2.44. The third-order valence-electron chi connectivity index (χ3n) is 5.36. The molecule has 1 aliphatic heterocycles. The Labute approximate surface area is 174 Å². The summed E-state index contributed by atoms with van der Waals surface area (Å²) >= 11 is 1.32. The van der Waals surface area contributed by atoms with E-state index in [1.54, 1.807) is 17.5 Å². The molecule has 0 radical (unpaired) electrons. The van der Waals surface area contributed by atoms with Gasteiger partial charge in [0.2, 0.25) is 0 Å². The first kappa shape index (κ1) is 21.3. The van der Waals surface area contributed by atoms with Gasteiger partial charge in [-0.2, -0.15) is 0 Å². The summed E-state index contributed by atoms with van der Waals surface area (Å²) in [5.74, 6) is -1.51. The number of thiophene rings is 1. The van der Waals surface area contributed by atoms with Crippen molar-refractivity contribution in [2.45, 2.75) is 70.1 Å². The number of nitrogens with one attached hydrogen (secondary N) is 2. The smallest absolute Gasteiger partial charge is 0.329 e. The molecule has 29 heavy (non-hydrogen) atoms. The summed E-state index contributed by atoms with van der Waals surface area (Å²) in [6.07, 6.45) is 5.17. The Morgan fingerprint density at radius 2 is 1.90 bits per heavy atom. The molecular formula is C20H27N3O5S. The highest BCUT2D eigenvalue weighted by Crippen LogP contribution is 2.23. The summed E-state index contributed by atoms with van der Waals surface area (Å²) in [5, 5.41) is 6.83. The van der Waals surface area contributed by atoms with Crippen molar-refractivity contribution in [3.63, 3.8) is 0 Å². The molecule has 2 N–H and O–H groups in total. The zero-order chi connectivity index (χ0) is 20.8. The molecule has 1 saturated carbocycles. The van der Waals surface area contributed by atoms with Crippen molar-refractivity contribution in [1.29, 1.82) is 0 Å². The SMILES string of the molecule is C[C@H](OC(=O)[C@@H]1CCCN1C(=O)c1cccs1)C(=O)NC(=O)NC1CCCCC1. The maximum absolute atomic E-state index is 12.6. The van der Waals surface area contributed by atoms with E-state index < -0.39 is 30.1 Å². The molecule has 158 valence electrons. The second-order valence-corrected chi connectivity index (χ2v) is 8.46. The highest BCUT2D eigenvalue weighted by atomic mass is 32.1. The Bertz CT molecular complexity index is 745. The molecule has 0 bridgehead atoms. The fourth-order valence-corrected chi connectivity index (χ4v) is 4.46. The first-order chi connectivity index (χ1) is 14.0. The van der Waals surface area contributed by atoms with Crippen LogP contribution in [-0.4, -0.2) is 53.4 Å². The quantitative estimate of drug-likeness (QED) is 0.711. The van der Waals surface area contributed by atoms with Crippen LogP contribution in [0.4, 0.5) is 4.79 Å². The van der Waals surface area contributed by atoms with Crippen LogP contribution in [0.5, 0.6) is 0 Å². The zero-order valence-corrected chi connectivity index (χ0v) is 17.3. The third-order valence-corrected chi connectivity index (χ3v) is 6.21.